The molecule has 2 atom stereocenters. The van der Waals surface area contributed by atoms with Crippen molar-refractivity contribution in [1.82, 2.24) is 15.5 Å². The lowest BCUT2D eigenvalue weighted by atomic mass is 9.96. The predicted octanol–water partition coefficient (Wildman–Crippen LogP) is 2.78. The van der Waals surface area contributed by atoms with Crippen LogP contribution in [0.3, 0.4) is 0 Å². The lowest BCUT2D eigenvalue weighted by molar-refractivity contribution is -0.142. The molecule has 38 heavy (non-hydrogen) atoms. The Morgan fingerprint density at radius 1 is 1.08 bits per heavy atom. The van der Waals surface area contributed by atoms with Crippen LogP contribution in [-0.2, 0) is 25.7 Å². The Kier molecular flexibility index (Phi) is 10.4. The number of nitriles is 1. The molecule has 0 bridgehead atoms. The molecule has 0 aliphatic heterocycles. The Morgan fingerprint density at radius 3 is 2.29 bits per heavy atom. The maximum Gasteiger partial charge on any atom is 0.408 e. The van der Waals surface area contributed by atoms with Crippen molar-refractivity contribution < 1.29 is 23.9 Å². The van der Waals surface area contributed by atoms with Crippen LogP contribution in [-0.4, -0.2) is 46.9 Å². The largest absolute Gasteiger partial charge is 0.444 e. The Labute approximate surface area is 223 Å². The van der Waals surface area contributed by atoms with Gasteiger partial charge in [-0.15, -0.1) is 0 Å². The molecule has 0 aliphatic rings. The number of hydrogen-bond donors (Lipinski definition) is 3. The molecule has 2 aromatic carbocycles. The number of carbonyl (C=O) groups is 4. The van der Waals surface area contributed by atoms with E-state index < -0.39 is 54.5 Å². The van der Waals surface area contributed by atoms with Gasteiger partial charge in [0.1, 0.15) is 24.2 Å². The van der Waals surface area contributed by atoms with Crippen LogP contribution in [0.25, 0.3) is 0 Å². The van der Waals surface area contributed by atoms with Crippen molar-refractivity contribution in [3.63, 3.8) is 0 Å². The molecule has 0 spiro atoms. The smallest absolute Gasteiger partial charge is 0.408 e. The number of carbonyl (C=O) groups excluding carboxylic acids is 4. The van der Waals surface area contributed by atoms with Gasteiger partial charge in [0.25, 0.3) is 0 Å². The van der Waals surface area contributed by atoms with E-state index in [0.717, 1.165) is 21.6 Å². The number of aryl methyl sites for hydroxylation is 2. The Hall–Kier alpha value is -4.39. The van der Waals surface area contributed by atoms with Gasteiger partial charge in [-0.2, -0.15) is 5.26 Å². The molecule has 2 rings (SSSR count). The van der Waals surface area contributed by atoms with Gasteiger partial charge in [-0.3, -0.25) is 14.4 Å². The Morgan fingerprint density at radius 2 is 1.74 bits per heavy atom. The van der Waals surface area contributed by atoms with Gasteiger partial charge in [-0.05, 0) is 51.3 Å². The van der Waals surface area contributed by atoms with Gasteiger partial charge >= 0.3 is 6.09 Å². The first-order valence-corrected chi connectivity index (χ1v) is 12.2. The van der Waals surface area contributed by atoms with Crippen LogP contribution in [0.2, 0.25) is 0 Å². The van der Waals surface area contributed by atoms with Crippen molar-refractivity contribution in [2.24, 2.45) is 5.73 Å². The fourth-order valence-corrected chi connectivity index (χ4v) is 3.89. The third kappa shape index (κ3) is 8.92. The summed E-state index contributed by atoms with van der Waals surface area (Å²) >= 11 is 0. The second-order valence-corrected chi connectivity index (χ2v) is 9.96. The summed E-state index contributed by atoms with van der Waals surface area (Å²) in [5.41, 5.74) is 7.52. The quantitative estimate of drug-likeness (QED) is 0.409. The highest BCUT2D eigenvalue weighted by Gasteiger charge is 2.37. The van der Waals surface area contributed by atoms with Crippen molar-refractivity contribution in [3.05, 3.63) is 70.8 Å². The lowest BCUT2D eigenvalue weighted by Gasteiger charge is -2.33. The number of benzene rings is 2. The highest BCUT2D eigenvalue weighted by Crippen LogP contribution is 2.27. The first kappa shape index (κ1) is 29.8. The van der Waals surface area contributed by atoms with Gasteiger partial charge in [0.05, 0.1) is 12.5 Å². The van der Waals surface area contributed by atoms with E-state index in [9.17, 15) is 24.4 Å². The van der Waals surface area contributed by atoms with E-state index in [1.54, 1.807) is 39.8 Å². The highest BCUT2D eigenvalue weighted by atomic mass is 16.6. The predicted molar refractivity (Wildman–Crippen MR) is 141 cm³/mol. The fraction of sp³-hybridized carbons (Fsp3) is 0.393. The van der Waals surface area contributed by atoms with Crippen molar-refractivity contribution >= 4 is 23.8 Å². The number of amides is 4. The molecule has 0 aromatic heterocycles. The summed E-state index contributed by atoms with van der Waals surface area (Å²) in [6, 6.07) is 13.9. The van der Waals surface area contributed by atoms with Gasteiger partial charge in [-0.25, -0.2) is 4.79 Å². The number of nitrogens with two attached hydrogens (primary N) is 1. The molecular formula is C28H35N5O5. The molecule has 0 saturated carbocycles. The zero-order valence-corrected chi connectivity index (χ0v) is 22.4. The highest BCUT2D eigenvalue weighted by molar-refractivity contribution is 5.94. The van der Waals surface area contributed by atoms with Crippen LogP contribution in [0.4, 0.5) is 4.79 Å². The summed E-state index contributed by atoms with van der Waals surface area (Å²) < 4.78 is 5.23. The number of ether oxygens (including phenoxy) is 1. The van der Waals surface area contributed by atoms with Crippen molar-refractivity contribution in [2.75, 3.05) is 6.54 Å². The minimum atomic E-state index is -1.45. The van der Waals surface area contributed by atoms with Crippen LogP contribution in [0.1, 0.15) is 55.5 Å². The number of primary amides is 1. The standard InChI is InChI=1S/C28H35N5O5/c1-18-11-12-21(19(2)15-18)24(25(35)31-17-20-9-7-6-8-10-20)33(14-13-29)26(36)22(16-23(30)34)32-27(37)38-28(3,4)5/h6-12,15,22,24H,14,16-17H2,1-5H3,(H2,30,34)(H,31,35)(H,32,37). The average molecular weight is 522 g/mol. The summed E-state index contributed by atoms with van der Waals surface area (Å²) in [6.07, 6.45) is -1.49. The maximum atomic E-state index is 13.8. The molecule has 0 fully saturated rings. The summed E-state index contributed by atoms with van der Waals surface area (Å²) in [5.74, 6) is -2.21. The molecule has 2 aromatic rings. The second-order valence-electron chi connectivity index (χ2n) is 9.96. The molecule has 0 radical (unpaired) electrons. The average Bonchev–Trinajstić information content (AvgIpc) is 2.82. The minimum absolute atomic E-state index is 0.191. The molecule has 4 amide bonds. The van der Waals surface area contributed by atoms with Crippen LogP contribution in [0.5, 0.6) is 0 Å². The van der Waals surface area contributed by atoms with Gasteiger partial charge in [0, 0.05) is 6.54 Å². The molecular weight excluding hydrogens is 486 g/mol. The third-order valence-electron chi connectivity index (χ3n) is 5.51. The lowest BCUT2D eigenvalue weighted by Crippen LogP contribution is -2.54. The number of alkyl carbamates (subject to hydrolysis) is 1. The molecule has 10 nitrogen and oxygen atoms in total. The summed E-state index contributed by atoms with van der Waals surface area (Å²) in [4.78, 5) is 52.7. The maximum absolute atomic E-state index is 13.8. The van der Waals surface area contributed by atoms with Gasteiger partial charge in [0.2, 0.25) is 17.7 Å². The van der Waals surface area contributed by atoms with E-state index in [2.05, 4.69) is 10.6 Å². The van der Waals surface area contributed by atoms with E-state index in [-0.39, 0.29) is 6.54 Å². The van der Waals surface area contributed by atoms with Crippen LogP contribution in [0, 0.1) is 25.2 Å². The van der Waals surface area contributed by atoms with Gasteiger partial charge < -0.3 is 26.0 Å². The number of rotatable bonds is 10. The van der Waals surface area contributed by atoms with E-state index in [1.165, 1.54) is 0 Å². The van der Waals surface area contributed by atoms with E-state index in [4.69, 9.17) is 10.5 Å². The zero-order valence-electron chi connectivity index (χ0n) is 22.4. The van der Waals surface area contributed by atoms with Gasteiger partial charge in [-0.1, -0.05) is 54.1 Å². The number of nitrogens with one attached hydrogen (secondary N) is 2. The number of nitrogens with zero attached hydrogens (tertiary/aromatic N) is 2. The zero-order chi connectivity index (χ0) is 28.5. The monoisotopic (exact) mass is 521 g/mol. The Bertz CT molecular complexity index is 1200. The van der Waals surface area contributed by atoms with E-state index in [1.807, 2.05) is 49.4 Å². The van der Waals surface area contributed by atoms with E-state index in [0.29, 0.717) is 5.56 Å². The third-order valence-corrected chi connectivity index (χ3v) is 5.51. The molecule has 202 valence electrons. The normalized spacial score (nSPS) is 12.4. The van der Waals surface area contributed by atoms with Crippen LogP contribution < -0.4 is 16.4 Å². The second kappa shape index (κ2) is 13.2. The number of hydrogen-bond acceptors (Lipinski definition) is 6. The van der Waals surface area contributed by atoms with Crippen molar-refractivity contribution in [2.45, 2.75) is 65.3 Å². The minimum Gasteiger partial charge on any atom is -0.444 e. The van der Waals surface area contributed by atoms with Gasteiger partial charge in [0.15, 0.2) is 0 Å². The van der Waals surface area contributed by atoms with Crippen molar-refractivity contribution in [1.29, 1.82) is 5.26 Å². The summed E-state index contributed by atoms with van der Waals surface area (Å²) in [5, 5.41) is 14.8. The Balaban J connectivity index is 2.49. The molecule has 0 aliphatic carbocycles. The fourth-order valence-electron chi connectivity index (χ4n) is 3.89. The molecule has 2 unspecified atom stereocenters. The summed E-state index contributed by atoms with van der Waals surface area (Å²) in [6.45, 7) is 8.34. The van der Waals surface area contributed by atoms with Crippen LogP contribution in [0.15, 0.2) is 48.5 Å². The SMILES string of the molecule is Cc1ccc(C(C(=O)NCc2ccccc2)N(CC#N)C(=O)C(CC(N)=O)NC(=O)OC(C)(C)C)c(C)c1. The van der Waals surface area contributed by atoms with Crippen molar-refractivity contribution in [3.8, 4) is 6.07 Å². The first-order valence-electron chi connectivity index (χ1n) is 12.2. The van der Waals surface area contributed by atoms with E-state index >= 15 is 0 Å². The molecule has 0 saturated heterocycles. The van der Waals surface area contributed by atoms with Crippen LogP contribution >= 0.6 is 0 Å². The molecule has 10 heteroatoms. The molecule has 4 N–H and O–H groups in total. The first-order chi connectivity index (χ1) is 17.8. The summed E-state index contributed by atoms with van der Waals surface area (Å²) in [7, 11) is 0. The molecule has 0 heterocycles. The topological polar surface area (TPSA) is 155 Å².